The SMILES string of the molecule is NCCN(CCNC1CCCC1)C1CCCC1. The summed E-state index contributed by atoms with van der Waals surface area (Å²) in [6, 6.07) is 1.63. The first-order valence-electron chi connectivity index (χ1n) is 7.57. The zero-order valence-electron chi connectivity index (χ0n) is 11.2. The lowest BCUT2D eigenvalue weighted by Gasteiger charge is -2.29. The van der Waals surface area contributed by atoms with Gasteiger partial charge in [0.15, 0.2) is 0 Å². The molecule has 0 aromatic rings. The van der Waals surface area contributed by atoms with E-state index in [1.807, 2.05) is 0 Å². The quantitative estimate of drug-likeness (QED) is 0.711. The standard InChI is InChI=1S/C14H29N3/c15-9-11-17(14-7-3-4-8-14)12-10-16-13-5-1-2-6-13/h13-14,16H,1-12,15H2. The normalized spacial score (nSPS) is 22.9. The third kappa shape index (κ3) is 4.23. The van der Waals surface area contributed by atoms with Crippen LogP contribution in [0.3, 0.4) is 0 Å². The van der Waals surface area contributed by atoms with Crippen LogP contribution in [-0.2, 0) is 0 Å². The average molecular weight is 239 g/mol. The third-order valence-corrected chi connectivity index (χ3v) is 4.44. The Morgan fingerprint density at radius 3 is 2.24 bits per heavy atom. The number of hydrogen-bond acceptors (Lipinski definition) is 3. The molecule has 2 fully saturated rings. The Labute approximate surface area is 106 Å². The molecule has 0 aliphatic heterocycles. The predicted octanol–water partition coefficient (Wildman–Crippen LogP) is 1.72. The second-order valence-electron chi connectivity index (χ2n) is 5.70. The van der Waals surface area contributed by atoms with Crippen molar-refractivity contribution in [2.24, 2.45) is 5.73 Å². The van der Waals surface area contributed by atoms with Crippen molar-refractivity contribution >= 4 is 0 Å². The molecule has 0 aromatic heterocycles. The van der Waals surface area contributed by atoms with Crippen molar-refractivity contribution < 1.29 is 0 Å². The highest BCUT2D eigenvalue weighted by Gasteiger charge is 2.22. The van der Waals surface area contributed by atoms with Crippen molar-refractivity contribution in [3.63, 3.8) is 0 Å². The molecular weight excluding hydrogens is 210 g/mol. The van der Waals surface area contributed by atoms with Crippen LogP contribution in [0.25, 0.3) is 0 Å². The molecule has 3 nitrogen and oxygen atoms in total. The maximum Gasteiger partial charge on any atom is 0.0110 e. The molecule has 2 saturated carbocycles. The Morgan fingerprint density at radius 2 is 1.59 bits per heavy atom. The van der Waals surface area contributed by atoms with Crippen LogP contribution in [-0.4, -0.2) is 43.2 Å². The maximum absolute atomic E-state index is 5.73. The summed E-state index contributed by atoms with van der Waals surface area (Å²) in [7, 11) is 0. The van der Waals surface area contributed by atoms with E-state index >= 15 is 0 Å². The minimum Gasteiger partial charge on any atom is -0.329 e. The molecule has 2 aliphatic rings. The van der Waals surface area contributed by atoms with Gasteiger partial charge in [-0.3, -0.25) is 4.90 Å². The van der Waals surface area contributed by atoms with Crippen LogP contribution in [0, 0.1) is 0 Å². The lowest BCUT2D eigenvalue weighted by Crippen LogP contribution is -2.42. The van der Waals surface area contributed by atoms with Gasteiger partial charge in [-0.2, -0.15) is 0 Å². The van der Waals surface area contributed by atoms with Gasteiger partial charge in [-0.15, -0.1) is 0 Å². The molecule has 0 saturated heterocycles. The second kappa shape index (κ2) is 7.34. The molecule has 0 unspecified atom stereocenters. The summed E-state index contributed by atoms with van der Waals surface area (Å²) in [5.41, 5.74) is 5.73. The summed E-state index contributed by atoms with van der Waals surface area (Å²) in [5, 5.41) is 3.71. The summed E-state index contributed by atoms with van der Waals surface area (Å²) >= 11 is 0. The van der Waals surface area contributed by atoms with Crippen LogP contribution >= 0.6 is 0 Å². The van der Waals surface area contributed by atoms with Gasteiger partial charge in [0, 0.05) is 38.3 Å². The van der Waals surface area contributed by atoms with Crippen LogP contribution in [0.15, 0.2) is 0 Å². The molecule has 17 heavy (non-hydrogen) atoms. The van der Waals surface area contributed by atoms with Gasteiger partial charge in [0.2, 0.25) is 0 Å². The highest BCUT2D eigenvalue weighted by molar-refractivity contribution is 4.79. The van der Waals surface area contributed by atoms with Crippen molar-refractivity contribution in [3.05, 3.63) is 0 Å². The zero-order chi connectivity index (χ0) is 11.9. The van der Waals surface area contributed by atoms with E-state index < -0.39 is 0 Å². The first kappa shape index (κ1) is 13.3. The van der Waals surface area contributed by atoms with E-state index in [1.165, 1.54) is 57.9 Å². The number of nitrogens with one attached hydrogen (secondary N) is 1. The minimum atomic E-state index is 0.804. The summed E-state index contributed by atoms with van der Waals surface area (Å²) in [5.74, 6) is 0. The summed E-state index contributed by atoms with van der Waals surface area (Å²) in [4.78, 5) is 2.62. The summed E-state index contributed by atoms with van der Waals surface area (Å²) in [6.45, 7) is 4.23. The maximum atomic E-state index is 5.73. The molecule has 0 amide bonds. The largest absolute Gasteiger partial charge is 0.329 e. The van der Waals surface area contributed by atoms with Crippen molar-refractivity contribution in [1.29, 1.82) is 0 Å². The van der Waals surface area contributed by atoms with Crippen LogP contribution in [0.2, 0.25) is 0 Å². The van der Waals surface area contributed by atoms with Gasteiger partial charge >= 0.3 is 0 Å². The Morgan fingerprint density at radius 1 is 0.941 bits per heavy atom. The lowest BCUT2D eigenvalue weighted by molar-refractivity contribution is 0.202. The fourth-order valence-corrected chi connectivity index (χ4v) is 3.45. The van der Waals surface area contributed by atoms with E-state index in [0.717, 1.165) is 31.7 Å². The molecule has 0 bridgehead atoms. The summed E-state index contributed by atoms with van der Waals surface area (Å²) in [6.07, 6.45) is 11.2. The van der Waals surface area contributed by atoms with E-state index in [2.05, 4.69) is 10.2 Å². The van der Waals surface area contributed by atoms with Crippen LogP contribution < -0.4 is 11.1 Å². The van der Waals surface area contributed by atoms with Gasteiger partial charge in [-0.1, -0.05) is 25.7 Å². The Balaban J connectivity index is 1.65. The third-order valence-electron chi connectivity index (χ3n) is 4.44. The molecule has 100 valence electrons. The van der Waals surface area contributed by atoms with Crippen LogP contribution in [0.4, 0.5) is 0 Å². The fourth-order valence-electron chi connectivity index (χ4n) is 3.45. The molecular formula is C14H29N3. The van der Waals surface area contributed by atoms with E-state index in [9.17, 15) is 0 Å². The van der Waals surface area contributed by atoms with Crippen molar-refractivity contribution in [2.75, 3.05) is 26.2 Å². The number of hydrogen-bond donors (Lipinski definition) is 2. The Hall–Kier alpha value is -0.120. The second-order valence-corrected chi connectivity index (χ2v) is 5.70. The van der Waals surface area contributed by atoms with Crippen LogP contribution in [0.5, 0.6) is 0 Å². The van der Waals surface area contributed by atoms with Gasteiger partial charge in [-0.25, -0.2) is 0 Å². The Kier molecular flexibility index (Phi) is 5.75. The number of rotatable bonds is 7. The predicted molar refractivity (Wildman–Crippen MR) is 73.1 cm³/mol. The highest BCUT2D eigenvalue weighted by Crippen LogP contribution is 2.23. The molecule has 2 rings (SSSR count). The monoisotopic (exact) mass is 239 g/mol. The van der Waals surface area contributed by atoms with Gasteiger partial charge in [0.25, 0.3) is 0 Å². The highest BCUT2D eigenvalue weighted by atomic mass is 15.2. The molecule has 0 aromatic carbocycles. The van der Waals surface area contributed by atoms with E-state index in [1.54, 1.807) is 0 Å². The minimum absolute atomic E-state index is 0.804. The molecule has 0 atom stereocenters. The van der Waals surface area contributed by atoms with Crippen molar-refractivity contribution in [3.8, 4) is 0 Å². The van der Waals surface area contributed by atoms with Gasteiger partial charge in [0.05, 0.1) is 0 Å². The smallest absolute Gasteiger partial charge is 0.0110 e. The lowest BCUT2D eigenvalue weighted by atomic mass is 10.2. The number of nitrogens with zero attached hydrogens (tertiary/aromatic N) is 1. The van der Waals surface area contributed by atoms with Gasteiger partial charge in [-0.05, 0) is 25.7 Å². The molecule has 0 heterocycles. The van der Waals surface area contributed by atoms with Gasteiger partial charge < -0.3 is 11.1 Å². The first-order chi connectivity index (χ1) is 8.40. The number of nitrogens with two attached hydrogens (primary N) is 1. The molecule has 3 heteroatoms. The van der Waals surface area contributed by atoms with Gasteiger partial charge in [0.1, 0.15) is 0 Å². The summed E-state index contributed by atoms with van der Waals surface area (Å²) < 4.78 is 0. The van der Waals surface area contributed by atoms with Crippen molar-refractivity contribution in [1.82, 2.24) is 10.2 Å². The topological polar surface area (TPSA) is 41.3 Å². The average Bonchev–Trinajstić information content (AvgIpc) is 3.01. The van der Waals surface area contributed by atoms with E-state index in [4.69, 9.17) is 5.73 Å². The molecule has 0 radical (unpaired) electrons. The zero-order valence-corrected chi connectivity index (χ0v) is 11.2. The molecule has 2 aliphatic carbocycles. The molecule has 3 N–H and O–H groups in total. The van der Waals surface area contributed by atoms with E-state index in [0.29, 0.717) is 0 Å². The van der Waals surface area contributed by atoms with Crippen molar-refractivity contribution in [2.45, 2.75) is 63.5 Å². The van der Waals surface area contributed by atoms with Crippen LogP contribution in [0.1, 0.15) is 51.4 Å². The molecule has 0 spiro atoms. The first-order valence-corrected chi connectivity index (χ1v) is 7.57. The van der Waals surface area contributed by atoms with E-state index in [-0.39, 0.29) is 0 Å². The fraction of sp³-hybridized carbons (Fsp3) is 1.00. The Bertz CT molecular complexity index is 196.